The summed E-state index contributed by atoms with van der Waals surface area (Å²) in [6.45, 7) is 5.94. The first-order valence-electron chi connectivity index (χ1n) is 12.9. The van der Waals surface area contributed by atoms with Crippen molar-refractivity contribution in [2.24, 2.45) is 5.92 Å². The van der Waals surface area contributed by atoms with E-state index < -0.39 is 0 Å². The van der Waals surface area contributed by atoms with Crippen molar-refractivity contribution in [1.82, 2.24) is 20.4 Å². The summed E-state index contributed by atoms with van der Waals surface area (Å²) >= 11 is 0. The number of aromatic nitrogens is 2. The Kier molecular flexibility index (Phi) is 10.7. The Morgan fingerprint density at radius 1 is 1.03 bits per heavy atom. The number of nitrogens with zero attached hydrogens (tertiary/aromatic N) is 3. The molecule has 0 spiro atoms. The predicted octanol–water partition coefficient (Wildman–Crippen LogP) is 5.73. The minimum Gasteiger partial charge on any atom is -0.489 e. The molecular formula is C29H36Cl2N4O2. The molecule has 0 saturated carbocycles. The van der Waals surface area contributed by atoms with E-state index in [1.165, 1.54) is 0 Å². The van der Waals surface area contributed by atoms with Gasteiger partial charge in [0.05, 0.1) is 5.69 Å². The third-order valence-corrected chi connectivity index (χ3v) is 7.26. The zero-order valence-electron chi connectivity index (χ0n) is 21.3. The number of rotatable bonds is 9. The van der Waals surface area contributed by atoms with Gasteiger partial charge in [0.1, 0.15) is 12.4 Å². The molecule has 1 atom stereocenters. The lowest BCUT2D eigenvalue weighted by Gasteiger charge is -2.44. The van der Waals surface area contributed by atoms with Crippen molar-refractivity contribution >= 4 is 30.7 Å². The predicted molar refractivity (Wildman–Crippen MR) is 152 cm³/mol. The van der Waals surface area contributed by atoms with Gasteiger partial charge in [0.2, 0.25) is 0 Å². The van der Waals surface area contributed by atoms with E-state index >= 15 is 0 Å². The van der Waals surface area contributed by atoms with E-state index in [2.05, 4.69) is 39.5 Å². The van der Waals surface area contributed by atoms with Crippen LogP contribution in [0.15, 0.2) is 60.7 Å². The molecule has 37 heavy (non-hydrogen) atoms. The number of benzene rings is 2. The van der Waals surface area contributed by atoms with Crippen LogP contribution in [0.1, 0.15) is 54.4 Å². The summed E-state index contributed by atoms with van der Waals surface area (Å²) in [5, 5.41) is 12.1. The Hall–Kier alpha value is -2.67. The van der Waals surface area contributed by atoms with E-state index in [9.17, 15) is 4.79 Å². The van der Waals surface area contributed by atoms with Gasteiger partial charge in [-0.05, 0) is 74.0 Å². The number of carbonyl (C=O) groups excluding carboxylic acids is 1. The minimum absolute atomic E-state index is 0. The van der Waals surface area contributed by atoms with E-state index in [1.807, 2.05) is 48.5 Å². The number of ether oxygens (including phenoxy) is 1. The molecular weight excluding hydrogens is 507 g/mol. The Morgan fingerprint density at radius 3 is 2.41 bits per heavy atom. The molecule has 0 aliphatic carbocycles. The van der Waals surface area contributed by atoms with Crippen molar-refractivity contribution in [2.75, 3.05) is 19.6 Å². The van der Waals surface area contributed by atoms with Crippen LogP contribution in [0.25, 0.3) is 11.1 Å². The topological polar surface area (TPSA) is 67.4 Å². The van der Waals surface area contributed by atoms with E-state index in [4.69, 9.17) is 4.74 Å². The second kappa shape index (κ2) is 13.8. The summed E-state index contributed by atoms with van der Waals surface area (Å²) in [5.74, 6) is 1.26. The number of fused-ring (bicyclic) bond motifs is 3. The number of halogens is 2. The monoisotopic (exact) mass is 542 g/mol. The molecule has 3 aliphatic heterocycles. The normalized spacial score (nSPS) is 19.9. The summed E-state index contributed by atoms with van der Waals surface area (Å²) in [4.78, 5) is 15.6. The maximum atomic E-state index is 13.1. The van der Waals surface area contributed by atoms with Crippen molar-refractivity contribution in [3.63, 3.8) is 0 Å². The van der Waals surface area contributed by atoms with Crippen molar-refractivity contribution in [2.45, 2.75) is 51.7 Å². The molecule has 2 aromatic carbocycles. The van der Waals surface area contributed by atoms with Gasteiger partial charge in [-0.25, -0.2) is 0 Å². The van der Waals surface area contributed by atoms with Crippen LogP contribution in [0.4, 0.5) is 0 Å². The van der Waals surface area contributed by atoms with Gasteiger partial charge in [-0.2, -0.15) is 5.10 Å². The maximum absolute atomic E-state index is 13.1. The summed E-state index contributed by atoms with van der Waals surface area (Å²) < 4.78 is 5.95. The highest BCUT2D eigenvalue weighted by Crippen LogP contribution is 2.29. The van der Waals surface area contributed by atoms with Gasteiger partial charge in [0, 0.05) is 18.2 Å². The highest BCUT2D eigenvalue weighted by atomic mass is 35.5. The second-order valence-electron chi connectivity index (χ2n) is 9.71. The van der Waals surface area contributed by atoms with Crippen molar-refractivity contribution in [3.05, 3.63) is 77.6 Å². The number of unbranched alkanes of at least 4 members (excludes halogenated alkanes) is 1. The largest absolute Gasteiger partial charge is 0.489 e. The lowest BCUT2D eigenvalue weighted by atomic mass is 9.84. The Morgan fingerprint density at radius 2 is 1.76 bits per heavy atom. The molecule has 198 valence electrons. The molecule has 3 aliphatic rings. The van der Waals surface area contributed by atoms with E-state index in [0.717, 1.165) is 79.9 Å². The van der Waals surface area contributed by atoms with Gasteiger partial charge in [-0.3, -0.25) is 4.79 Å². The fourth-order valence-corrected chi connectivity index (χ4v) is 5.15. The van der Waals surface area contributed by atoms with Crippen LogP contribution < -0.4 is 10.1 Å². The van der Waals surface area contributed by atoms with Gasteiger partial charge in [0.25, 0.3) is 5.91 Å². The molecule has 4 heterocycles. The molecule has 0 unspecified atom stereocenters. The molecule has 3 saturated heterocycles. The number of amides is 1. The van der Waals surface area contributed by atoms with Gasteiger partial charge < -0.3 is 15.0 Å². The van der Waals surface area contributed by atoms with Crippen molar-refractivity contribution < 1.29 is 9.53 Å². The molecule has 1 aromatic heterocycles. The molecule has 0 radical (unpaired) electrons. The molecule has 3 aromatic rings. The second-order valence-corrected chi connectivity index (χ2v) is 9.71. The molecule has 6 nitrogen and oxygen atoms in total. The molecule has 1 amide bonds. The average Bonchev–Trinajstić information content (AvgIpc) is 2.92. The zero-order chi connectivity index (χ0) is 24.0. The first-order chi connectivity index (χ1) is 17.2. The maximum Gasteiger partial charge on any atom is 0.272 e. The Balaban J connectivity index is 0.00000190. The fraction of sp³-hybridized carbons (Fsp3) is 0.414. The van der Waals surface area contributed by atoms with Gasteiger partial charge in [0.15, 0.2) is 5.69 Å². The summed E-state index contributed by atoms with van der Waals surface area (Å²) in [6, 6.07) is 20.3. The summed E-state index contributed by atoms with van der Waals surface area (Å²) in [5.41, 5.74) is 4.46. The Labute approximate surface area is 232 Å². The highest BCUT2D eigenvalue weighted by molar-refractivity contribution is 5.93. The first-order valence-corrected chi connectivity index (χ1v) is 12.9. The van der Waals surface area contributed by atoms with Crippen LogP contribution in [0.5, 0.6) is 5.75 Å². The van der Waals surface area contributed by atoms with Crippen LogP contribution in [-0.4, -0.2) is 46.7 Å². The first kappa shape index (κ1) is 28.9. The third kappa shape index (κ3) is 7.22. The van der Waals surface area contributed by atoms with Crippen molar-refractivity contribution in [1.29, 1.82) is 0 Å². The number of nitrogens with one attached hydrogen (secondary N) is 1. The fourth-order valence-electron chi connectivity index (χ4n) is 5.15. The lowest BCUT2D eigenvalue weighted by molar-refractivity contribution is 0.0617. The highest BCUT2D eigenvalue weighted by Gasteiger charge is 2.35. The molecule has 2 bridgehead atoms. The number of aryl methyl sites for hydroxylation is 1. The number of hydrogen-bond acceptors (Lipinski definition) is 5. The van der Waals surface area contributed by atoms with Crippen LogP contribution in [0.2, 0.25) is 0 Å². The lowest BCUT2D eigenvalue weighted by Crippen LogP contribution is -2.57. The molecule has 3 fully saturated rings. The van der Waals surface area contributed by atoms with Crippen LogP contribution in [-0.2, 0) is 13.0 Å². The number of piperidine rings is 3. The van der Waals surface area contributed by atoms with Crippen LogP contribution >= 0.6 is 24.8 Å². The summed E-state index contributed by atoms with van der Waals surface area (Å²) in [7, 11) is 0. The van der Waals surface area contributed by atoms with Gasteiger partial charge in [-0.15, -0.1) is 29.9 Å². The minimum atomic E-state index is -0.123. The number of carbonyl (C=O) groups is 1. The third-order valence-electron chi connectivity index (χ3n) is 7.26. The SMILES string of the molecule is CCCCc1nnc(C(=O)N[C@H]2CN3CCC2CC3)cc1-c1ccc(OCc2ccccc2)cc1.Cl.Cl. The molecule has 8 heteroatoms. The van der Waals surface area contributed by atoms with Crippen LogP contribution in [0.3, 0.4) is 0 Å². The van der Waals surface area contributed by atoms with Gasteiger partial charge in [-0.1, -0.05) is 55.8 Å². The van der Waals surface area contributed by atoms with E-state index in [-0.39, 0.29) is 36.8 Å². The van der Waals surface area contributed by atoms with E-state index in [1.54, 1.807) is 0 Å². The quantitative estimate of drug-likeness (QED) is 0.373. The molecule has 6 rings (SSSR count). The van der Waals surface area contributed by atoms with Crippen LogP contribution in [0, 0.1) is 5.92 Å². The van der Waals surface area contributed by atoms with Gasteiger partial charge >= 0.3 is 0 Å². The standard InChI is InChI=1S/C29H34N4O2.2ClH/c1-2-3-9-26-25(22-10-12-24(13-11-22)35-20-21-7-5-4-6-8-21)18-27(32-31-26)29(34)30-28-19-33-16-14-23(28)15-17-33;;/h4-8,10-13,18,23,28H,2-3,9,14-17,19-20H2,1H3,(H,30,34);2*1H/t28-;;/m0../s1. The molecule has 1 N–H and O–H groups in total. The average molecular weight is 544 g/mol. The zero-order valence-corrected chi connectivity index (χ0v) is 22.9. The van der Waals surface area contributed by atoms with Crippen molar-refractivity contribution in [3.8, 4) is 16.9 Å². The smallest absolute Gasteiger partial charge is 0.272 e. The number of hydrogen-bond donors (Lipinski definition) is 1. The summed E-state index contributed by atoms with van der Waals surface area (Å²) in [6.07, 6.45) is 5.28. The Bertz CT molecular complexity index is 1140. The van der Waals surface area contributed by atoms with E-state index in [0.29, 0.717) is 18.2 Å².